The lowest BCUT2D eigenvalue weighted by molar-refractivity contribution is -0.135. The third-order valence-electron chi connectivity index (χ3n) is 5.53. The van der Waals surface area contributed by atoms with E-state index in [4.69, 9.17) is 0 Å². The molecule has 0 fully saturated rings. The number of amides is 2. The lowest BCUT2D eigenvalue weighted by Crippen LogP contribution is -2.52. The zero-order chi connectivity index (χ0) is 20.5. The second kappa shape index (κ2) is 8.03. The fourth-order valence-corrected chi connectivity index (χ4v) is 4.38. The molecule has 2 heterocycles. The van der Waals surface area contributed by atoms with Crippen LogP contribution in [0.3, 0.4) is 0 Å². The first-order valence-corrected chi connectivity index (χ1v) is 10.7. The van der Waals surface area contributed by atoms with Crippen molar-refractivity contribution in [3.8, 4) is 0 Å². The largest absolute Gasteiger partial charge is 0.357 e. The zero-order valence-electron chi connectivity index (χ0n) is 16.5. The Morgan fingerprint density at radius 3 is 2.59 bits per heavy atom. The van der Waals surface area contributed by atoms with Crippen LogP contribution < -0.4 is 5.32 Å². The Labute approximate surface area is 178 Å². The third-order valence-corrected chi connectivity index (χ3v) is 6.19. The number of rotatable bonds is 4. The van der Waals surface area contributed by atoms with Gasteiger partial charge in [0.05, 0.1) is 5.52 Å². The summed E-state index contributed by atoms with van der Waals surface area (Å²) in [6.07, 6.45) is 0.777. The summed E-state index contributed by atoms with van der Waals surface area (Å²) in [7, 11) is 0. The predicted molar refractivity (Wildman–Crippen MR) is 118 cm³/mol. The number of nitrogens with zero attached hydrogens (tertiary/aromatic N) is 1. The number of fused-ring (bicyclic) bond motifs is 3. The van der Waals surface area contributed by atoms with E-state index in [1.807, 2.05) is 49.1 Å². The first-order valence-electron chi connectivity index (χ1n) is 9.88. The molecule has 0 aliphatic carbocycles. The molecule has 150 valence electrons. The number of aromatic nitrogens is 1. The summed E-state index contributed by atoms with van der Waals surface area (Å²) >= 11 is 3.60. The number of carbonyl (C=O) groups excluding carboxylic acids is 2. The van der Waals surface area contributed by atoms with Crippen molar-refractivity contribution in [3.05, 3.63) is 69.8 Å². The first-order chi connectivity index (χ1) is 14.0. The van der Waals surface area contributed by atoms with Crippen LogP contribution in [0.15, 0.2) is 53.0 Å². The molecule has 1 aromatic heterocycles. The standard InChI is InChI=1S/C23H24BrN3O2/c1-14(2)20(26-22(28)15-7-4-3-5-8-15)23(29)27-12-11-19-17(13-27)16-9-6-10-18(24)21(16)25-19/h3-10,14,20,25H,11-13H2,1-2H3,(H,26,28). The number of hydrogen-bond acceptors (Lipinski definition) is 2. The second-order valence-corrected chi connectivity index (χ2v) is 8.67. The highest BCUT2D eigenvalue weighted by atomic mass is 79.9. The van der Waals surface area contributed by atoms with Crippen molar-refractivity contribution in [1.82, 2.24) is 15.2 Å². The fraction of sp³-hybridized carbons (Fsp3) is 0.304. The van der Waals surface area contributed by atoms with E-state index in [-0.39, 0.29) is 17.7 Å². The molecule has 0 saturated heterocycles. The SMILES string of the molecule is CC(C)C(NC(=O)c1ccccc1)C(=O)N1CCc2[nH]c3c(Br)cccc3c2C1. The van der Waals surface area contributed by atoms with Crippen LogP contribution in [0, 0.1) is 5.92 Å². The van der Waals surface area contributed by atoms with Gasteiger partial charge in [-0.15, -0.1) is 0 Å². The number of carbonyl (C=O) groups is 2. The molecule has 1 unspecified atom stereocenters. The highest BCUT2D eigenvalue weighted by molar-refractivity contribution is 9.10. The van der Waals surface area contributed by atoms with Gasteiger partial charge >= 0.3 is 0 Å². The first kappa shape index (κ1) is 19.7. The normalized spacial score (nSPS) is 14.7. The molecule has 2 aromatic carbocycles. The average Bonchev–Trinajstić information content (AvgIpc) is 3.11. The lowest BCUT2D eigenvalue weighted by Gasteiger charge is -2.32. The smallest absolute Gasteiger partial charge is 0.251 e. The lowest BCUT2D eigenvalue weighted by atomic mass is 9.99. The van der Waals surface area contributed by atoms with Crippen LogP contribution in [0.5, 0.6) is 0 Å². The molecule has 5 nitrogen and oxygen atoms in total. The van der Waals surface area contributed by atoms with Gasteiger partial charge in [-0.05, 0) is 40.0 Å². The molecular formula is C23H24BrN3O2. The summed E-state index contributed by atoms with van der Waals surface area (Å²) in [5.41, 5.74) is 3.99. The van der Waals surface area contributed by atoms with E-state index < -0.39 is 6.04 Å². The zero-order valence-corrected chi connectivity index (χ0v) is 18.1. The van der Waals surface area contributed by atoms with Crippen molar-refractivity contribution in [2.75, 3.05) is 6.54 Å². The minimum Gasteiger partial charge on any atom is -0.357 e. The molecule has 1 atom stereocenters. The van der Waals surface area contributed by atoms with Crippen LogP contribution in [0.1, 0.15) is 35.5 Å². The van der Waals surface area contributed by atoms with Crippen molar-refractivity contribution >= 4 is 38.6 Å². The van der Waals surface area contributed by atoms with Gasteiger partial charge in [0.15, 0.2) is 0 Å². The van der Waals surface area contributed by atoms with Gasteiger partial charge in [-0.25, -0.2) is 0 Å². The van der Waals surface area contributed by atoms with Crippen LogP contribution in [-0.4, -0.2) is 34.3 Å². The summed E-state index contributed by atoms with van der Waals surface area (Å²) in [5, 5.41) is 4.09. The highest BCUT2D eigenvalue weighted by Gasteiger charge is 2.32. The molecule has 2 N–H and O–H groups in total. The quantitative estimate of drug-likeness (QED) is 0.619. The van der Waals surface area contributed by atoms with Crippen LogP contribution in [0.25, 0.3) is 10.9 Å². The van der Waals surface area contributed by atoms with Crippen LogP contribution in [0.2, 0.25) is 0 Å². The van der Waals surface area contributed by atoms with Crippen molar-refractivity contribution in [3.63, 3.8) is 0 Å². The molecule has 3 aromatic rings. The molecule has 2 amide bonds. The van der Waals surface area contributed by atoms with E-state index in [0.717, 1.165) is 27.4 Å². The monoisotopic (exact) mass is 453 g/mol. The van der Waals surface area contributed by atoms with Crippen molar-refractivity contribution < 1.29 is 9.59 Å². The third kappa shape index (κ3) is 3.81. The Kier molecular flexibility index (Phi) is 5.46. The summed E-state index contributed by atoms with van der Waals surface area (Å²) in [6.45, 7) is 5.12. The number of benzene rings is 2. The fourth-order valence-electron chi connectivity index (χ4n) is 3.91. The number of aromatic amines is 1. The Balaban J connectivity index is 1.56. The van der Waals surface area contributed by atoms with Gasteiger partial charge < -0.3 is 15.2 Å². The number of H-pyrrole nitrogens is 1. The Morgan fingerprint density at radius 2 is 1.86 bits per heavy atom. The van der Waals surface area contributed by atoms with Crippen LogP contribution >= 0.6 is 15.9 Å². The summed E-state index contributed by atoms with van der Waals surface area (Å²) in [4.78, 5) is 31.3. The maximum atomic E-state index is 13.3. The maximum absolute atomic E-state index is 13.3. The van der Waals surface area contributed by atoms with Gasteiger partial charge in [-0.1, -0.05) is 44.2 Å². The molecule has 1 aliphatic rings. The van der Waals surface area contributed by atoms with E-state index in [1.54, 1.807) is 12.1 Å². The molecule has 0 bridgehead atoms. The van der Waals surface area contributed by atoms with Crippen molar-refractivity contribution in [2.24, 2.45) is 5.92 Å². The molecule has 0 radical (unpaired) electrons. The van der Waals surface area contributed by atoms with Gasteiger partial charge in [0.25, 0.3) is 5.91 Å². The minimum atomic E-state index is -0.554. The van der Waals surface area contributed by atoms with E-state index in [9.17, 15) is 9.59 Å². The highest BCUT2D eigenvalue weighted by Crippen LogP contribution is 2.32. The van der Waals surface area contributed by atoms with E-state index in [1.165, 1.54) is 5.69 Å². The van der Waals surface area contributed by atoms with E-state index in [0.29, 0.717) is 18.7 Å². The van der Waals surface area contributed by atoms with Gasteiger partial charge in [-0.2, -0.15) is 0 Å². The van der Waals surface area contributed by atoms with E-state index in [2.05, 4.69) is 32.3 Å². The number of nitrogens with one attached hydrogen (secondary N) is 2. The van der Waals surface area contributed by atoms with Gasteiger partial charge in [0.2, 0.25) is 5.91 Å². The van der Waals surface area contributed by atoms with Crippen LogP contribution in [0.4, 0.5) is 0 Å². The van der Waals surface area contributed by atoms with Crippen molar-refractivity contribution in [2.45, 2.75) is 32.9 Å². The average molecular weight is 454 g/mol. The minimum absolute atomic E-state index is 0.00586. The Hall–Kier alpha value is -2.60. The van der Waals surface area contributed by atoms with Gasteiger partial charge in [0, 0.05) is 46.2 Å². The molecule has 0 saturated carbocycles. The molecule has 0 spiro atoms. The van der Waals surface area contributed by atoms with E-state index >= 15 is 0 Å². The second-order valence-electron chi connectivity index (χ2n) is 7.82. The predicted octanol–water partition coefficient (Wildman–Crippen LogP) is 4.27. The number of hydrogen-bond donors (Lipinski definition) is 2. The summed E-state index contributed by atoms with van der Waals surface area (Å²) in [5.74, 6) is -0.251. The molecule has 4 rings (SSSR count). The Bertz CT molecular complexity index is 1060. The summed E-state index contributed by atoms with van der Waals surface area (Å²) < 4.78 is 1.03. The van der Waals surface area contributed by atoms with Gasteiger partial charge in [-0.3, -0.25) is 9.59 Å². The number of halogens is 1. The molecule has 1 aliphatic heterocycles. The molecule has 6 heteroatoms. The maximum Gasteiger partial charge on any atom is 0.251 e. The van der Waals surface area contributed by atoms with Crippen LogP contribution in [-0.2, 0) is 17.8 Å². The molecule has 29 heavy (non-hydrogen) atoms. The van der Waals surface area contributed by atoms with Crippen molar-refractivity contribution in [1.29, 1.82) is 0 Å². The van der Waals surface area contributed by atoms with Gasteiger partial charge in [0.1, 0.15) is 6.04 Å². The molecular weight excluding hydrogens is 430 g/mol. The topological polar surface area (TPSA) is 65.2 Å². The number of para-hydroxylation sites is 1. The Morgan fingerprint density at radius 1 is 1.10 bits per heavy atom. The summed E-state index contributed by atoms with van der Waals surface area (Å²) in [6, 6.07) is 14.6.